The summed E-state index contributed by atoms with van der Waals surface area (Å²) < 4.78 is 0.724. The molecule has 0 atom stereocenters. The first-order valence-electron chi connectivity index (χ1n) is 4.46. The van der Waals surface area contributed by atoms with Gasteiger partial charge in [-0.05, 0) is 28.1 Å². The minimum atomic E-state index is 0.206. The van der Waals surface area contributed by atoms with Crippen molar-refractivity contribution in [1.29, 1.82) is 0 Å². The quantitative estimate of drug-likeness (QED) is 0.893. The zero-order valence-electron chi connectivity index (χ0n) is 8.11. The van der Waals surface area contributed by atoms with E-state index in [1.807, 2.05) is 18.2 Å². The molecule has 1 heterocycles. The third kappa shape index (κ3) is 2.43. The molecule has 0 unspecified atom stereocenters. The van der Waals surface area contributed by atoms with Crippen molar-refractivity contribution in [3.05, 3.63) is 40.0 Å². The van der Waals surface area contributed by atoms with Gasteiger partial charge in [-0.2, -0.15) is 4.98 Å². The molecule has 0 aliphatic carbocycles. The molecule has 82 valence electrons. The van der Waals surface area contributed by atoms with Gasteiger partial charge in [0, 0.05) is 6.20 Å². The molecule has 0 aliphatic heterocycles. The number of hydrogen-bond acceptors (Lipinski definition) is 4. The van der Waals surface area contributed by atoms with Crippen molar-refractivity contribution in [2.24, 2.45) is 0 Å². The molecule has 2 aromatic rings. The molecule has 3 N–H and O–H groups in total. The maximum atomic E-state index is 6.01. The predicted octanol–water partition coefficient (Wildman–Crippen LogP) is 3.22. The van der Waals surface area contributed by atoms with E-state index in [1.165, 1.54) is 0 Å². The largest absolute Gasteiger partial charge is 0.368 e. The summed E-state index contributed by atoms with van der Waals surface area (Å²) in [5.41, 5.74) is 6.27. The first kappa shape index (κ1) is 11.2. The van der Waals surface area contributed by atoms with E-state index in [-0.39, 0.29) is 5.95 Å². The summed E-state index contributed by atoms with van der Waals surface area (Å²) >= 11 is 9.34. The Hall–Kier alpha value is -1.33. The van der Waals surface area contributed by atoms with Crippen molar-refractivity contribution in [3.63, 3.8) is 0 Å². The summed E-state index contributed by atoms with van der Waals surface area (Å²) in [6, 6.07) is 7.39. The Balaban J connectivity index is 2.34. The van der Waals surface area contributed by atoms with E-state index in [0.717, 1.165) is 10.2 Å². The van der Waals surface area contributed by atoms with E-state index in [1.54, 1.807) is 12.3 Å². The summed E-state index contributed by atoms with van der Waals surface area (Å²) in [4.78, 5) is 7.91. The minimum absolute atomic E-state index is 0.206. The Morgan fingerprint density at radius 1 is 1.31 bits per heavy atom. The molecule has 0 bridgehead atoms. The van der Waals surface area contributed by atoms with Gasteiger partial charge in [0.05, 0.1) is 15.2 Å². The predicted molar refractivity (Wildman–Crippen MR) is 68.9 cm³/mol. The number of nitrogens with zero attached hydrogens (tertiary/aromatic N) is 2. The van der Waals surface area contributed by atoms with Gasteiger partial charge in [-0.25, -0.2) is 4.98 Å². The van der Waals surface area contributed by atoms with Gasteiger partial charge in [0.25, 0.3) is 0 Å². The maximum Gasteiger partial charge on any atom is 0.222 e. The molecule has 0 radical (unpaired) electrons. The number of hydrogen-bond donors (Lipinski definition) is 2. The van der Waals surface area contributed by atoms with Gasteiger partial charge < -0.3 is 11.1 Å². The molecule has 0 saturated carbocycles. The zero-order valence-corrected chi connectivity index (χ0v) is 10.5. The van der Waals surface area contributed by atoms with Crippen LogP contribution in [0.3, 0.4) is 0 Å². The van der Waals surface area contributed by atoms with Crippen LogP contribution >= 0.6 is 27.5 Å². The van der Waals surface area contributed by atoms with Crippen LogP contribution in [0.2, 0.25) is 5.02 Å². The van der Waals surface area contributed by atoms with Crippen LogP contribution < -0.4 is 11.1 Å². The molecular weight excluding hydrogens is 291 g/mol. The van der Waals surface area contributed by atoms with Crippen molar-refractivity contribution < 1.29 is 0 Å². The van der Waals surface area contributed by atoms with Crippen LogP contribution in [0, 0.1) is 0 Å². The SMILES string of the molecule is Nc1ncc(Br)c(Nc2ccccc2Cl)n1. The second-order valence-corrected chi connectivity index (χ2v) is 4.29. The summed E-state index contributed by atoms with van der Waals surface area (Å²) in [5, 5.41) is 3.69. The van der Waals surface area contributed by atoms with Gasteiger partial charge in [-0.15, -0.1) is 0 Å². The van der Waals surface area contributed by atoms with Crippen molar-refractivity contribution in [2.75, 3.05) is 11.1 Å². The summed E-state index contributed by atoms with van der Waals surface area (Å²) in [6.07, 6.45) is 1.58. The molecule has 6 heteroatoms. The van der Waals surface area contributed by atoms with E-state index >= 15 is 0 Å². The molecular formula is C10H8BrClN4. The fourth-order valence-electron chi connectivity index (χ4n) is 1.16. The van der Waals surface area contributed by atoms with Crippen molar-refractivity contribution in [2.45, 2.75) is 0 Å². The van der Waals surface area contributed by atoms with Crippen molar-refractivity contribution in [3.8, 4) is 0 Å². The molecule has 0 amide bonds. The van der Waals surface area contributed by atoms with E-state index in [2.05, 4.69) is 31.2 Å². The molecule has 1 aromatic heterocycles. The standard InChI is InChI=1S/C10H8BrClN4/c11-6-5-14-10(13)16-9(6)15-8-4-2-1-3-7(8)12/h1-5H,(H3,13,14,15,16). The van der Waals surface area contributed by atoms with E-state index in [4.69, 9.17) is 17.3 Å². The first-order valence-corrected chi connectivity index (χ1v) is 5.63. The fourth-order valence-corrected chi connectivity index (χ4v) is 1.63. The highest BCUT2D eigenvalue weighted by atomic mass is 79.9. The number of para-hydroxylation sites is 1. The van der Waals surface area contributed by atoms with Gasteiger partial charge in [-0.3, -0.25) is 0 Å². The lowest BCUT2D eigenvalue weighted by Gasteiger charge is -2.08. The zero-order chi connectivity index (χ0) is 11.5. The Bertz CT molecular complexity index is 518. The van der Waals surface area contributed by atoms with Crippen LogP contribution in [0.15, 0.2) is 34.9 Å². The van der Waals surface area contributed by atoms with Gasteiger partial charge >= 0.3 is 0 Å². The van der Waals surface area contributed by atoms with Crippen LogP contribution in [0.4, 0.5) is 17.5 Å². The minimum Gasteiger partial charge on any atom is -0.368 e. The molecule has 0 aliphatic rings. The molecule has 0 spiro atoms. The molecule has 2 rings (SSSR count). The van der Waals surface area contributed by atoms with Crippen LogP contribution in [-0.4, -0.2) is 9.97 Å². The first-order chi connectivity index (χ1) is 7.66. The van der Waals surface area contributed by atoms with Crippen LogP contribution in [0.5, 0.6) is 0 Å². The molecule has 1 aromatic carbocycles. The van der Waals surface area contributed by atoms with Crippen molar-refractivity contribution in [1.82, 2.24) is 9.97 Å². The van der Waals surface area contributed by atoms with Gasteiger partial charge in [0.2, 0.25) is 5.95 Å². The van der Waals surface area contributed by atoms with Crippen LogP contribution in [-0.2, 0) is 0 Å². The lowest BCUT2D eigenvalue weighted by molar-refractivity contribution is 1.17. The third-order valence-corrected chi connectivity index (χ3v) is 2.80. The number of anilines is 3. The number of halogens is 2. The van der Waals surface area contributed by atoms with E-state index in [0.29, 0.717) is 10.8 Å². The summed E-state index contributed by atoms with van der Waals surface area (Å²) in [6.45, 7) is 0. The number of nitrogens with two attached hydrogens (primary N) is 1. The second-order valence-electron chi connectivity index (χ2n) is 3.03. The third-order valence-electron chi connectivity index (χ3n) is 1.89. The average Bonchev–Trinajstić information content (AvgIpc) is 2.27. The van der Waals surface area contributed by atoms with E-state index in [9.17, 15) is 0 Å². The lowest BCUT2D eigenvalue weighted by atomic mass is 10.3. The molecule has 4 nitrogen and oxygen atoms in total. The molecule has 16 heavy (non-hydrogen) atoms. The highest BCUT2D eigenvalue weighted by Gasteiger charge is 2.05. The Labute approximate surface area is 106 Å². The number of nitrogen functional groups attached to an aromatic ring is 1. The Morgan fingerprint density at radius 2 is 2.06 bits per heavy atom. The Kier molecular flexibility index (Phi) is 3.26. The second kappa shape index (κ2) is 4.67. The smallest absolute Gasteiger partial charge is 0.222 e. The van der Waals surface area contributed by atoms with Crippen LogP contribution in [0.25, 0.3) is 0 Å². The monoisotopic (exact) mass is 298 g/mol. The fraction of sp³-hybridized carbons (Fsp3) is 0. The lowest BCUT2D eigenvalue weighted by Crippen LogP contribution is -2.00. The Morgan fingerprint density at radius 3 is 2.81 bits per heavy atom. The number of benzene rings is 1. The normalized spacial score (nSPS) is 10.1. The van der Waals surface area contributed by atoms with Crippen LogP contribution in [0.1, 0.15) is 0 Å². The molecule has 0 saturated heterocycles. The highest BCUT2D eigenvalue weighted by molar-refractivity contribution is 9.10. The van der Waals surface area contributed by atoms with Gasteiger partial charge in [0.15, 0.2) is 0 Å². The summed E-state index contributed by atoms with van der Waals surface area (Å²) in [5.74, 6) is 0.790. The van der Waals surface area contributed by atoms with Gasteiger partial charge in [0.1, 0.15) is 5.82 Å². The van der Waals surface area contributed by atoms with Gasteiger partial charge in [-0.1, -0.05) is 23.7 Å². The number of aromatic nitrogens is 2. The number of nitrogens with one attached hydrogen (secondary N) is 1. The van der Waals surface area contributed by atoms with Crippen molar-refractivity contribution >= 4 is 45.0 Å². The average molecular weight is 300 g/mol. The topological polar surface area (TPSA) is 63.8 Å². The maximum absolute atomic E-state index is 6.01. The van der Waals surface area contributed by atoms with E-state index < -0.39 is 0 Å². The summed E-state index contributed by atoms with van der Waals surface area (Å²) in [7, 11) is 0. The molecule has 0 fully saturated rings. The highest BCUT2D eigenvalue weighted by Crippen LogP contribution is 2.27. The number of rotatable bonds is 2.